The molecule has 2 aromatic rings. The summed E-state index contributed by atoms with van der Waals surface area (Å²) in [7, 11) is 1.36. The Morgan fingerprint density at radius 2 is 1.88 bits per heavy atom. The van der Waals surface area contributed by atoms with E-state index in [1.807, 2.05) is 13.8 Å². The van der Waals surface area contributed by atoms with Crippen LogP contribution in [0.4, 0.5) is 13.2 Å². The van der Waals surface area contributed by atoms with E-state index < -0.39 is 47.0 Å². The number of imide groups is 1. The average molecular weight is 588 g/mol. The van der Waals surface area contributed by atoms with Crippen LogP contribution in [0.15, 0.2) is 30.3 Å². The van der Waals surface area contributed by atoms with Crippen LogP contribution in [0.1, 0.15) is 85.0 Å². The van der Waals surface area contributed by atoms with Gasteiger partial charge in [-0.1, -0.05) is 26.0 Å². The van der Waals surface area contributed by atoms with Crippen LogP contribution in [0.3, 0.4) is 0 Å². The van der Waals surface area contributed by atoms with Gasteiger partial charge in [0.05, 0.1) is 19.2 Å². The lowest BCUT2D eigenvalue weighted by Gasteiger charge is -2.54. The van der Waals surface area contributed by atoms with Crippen LogP contribution in [-0.4, -0.2) is 58.9 Å². The summed E-state index contributed by atoms with van der Waals surface area (Å²) in [5, 5.41) is 14.6. The van der Waals surface area contributed by atoms with Crippen molar-refractivity contribution in [2.24, 2.45) is 5.41 Å². The molecule has 3 heterocycles. The molecule has 3 aliphatic heterocycles. The Hall–Kier alpha value is -3.44. The summed E-state index contributed by atoms with van der Waals surface area (Å²) in [5.41, 5.74) is -1.23. The minimum absolute atomic E-state index is 0.0964. The molecular formula is C31H36F3N3O5. The summed E-state index contributed by atoms with van der Waals surface area (Å²) in [6.45, 7) is 5.10. The van der Waals surface area contributed by atoms with E-state index in [0.717, 1.165) is 5.56 Å². The van der Waals surface area contributed by atoms with E-state index in [2.05, 4.69) is 10.2 Å². The fourth-order valence-corrected chi connectivity index (χ4v) is 7.05. The molecule has 3 amide bonds. The molecule has 11 heteroatoms. The van der Waals surface area contributed by atoms with Gasteiger partial charge < -0.3 is 14.7 Å². The third-order valence-electron chi connectivity index (χ3n) is 9.58. The number of carbonyl (C=O) groups excluding carboxylic acids is 3. The zero-order valence-electron chi connectivity index (χ0n) is 24.0. The number of nitrogens with one attached hydrogen (secondary N) is 1. The number of likely N-dealkylation sites (tertiary alicyclic amines) is 1. The second-order valence-electron chi connectivity index (χ2n) is 11.5. The topological polar surface area (TPSA) is 99.2 Å². The van der Waals surface area contributed by atoms with E-state index in [9.17, 15) is 28.3 Å². The zero-order valence-corrected chi connectivity index (χ0v) is 24.0. The maximum absolute atomic E-state index is 16.3. The highest BCUT2D eigenvalue weighted by molar-refractivity contribution is 6.05. The zero-order chi connectivity index (χ0) is 30.4. The number of nitrogens with zero attached hydrogens (tertiary/aromatic N) is 2. The first-order chi connectivity index (χ1) is 20.0. The number of fused-ring (bicyclic) bond motifs is 1. The fraction of sp³-hybridized carbons (Fsp3) is 0.516. The molecule has 3 aliphatic rings. The fourth-order valence-electron chi connectivity index (χ4n) is 7.05. The summed E-state index contributed by atoms with van der Waals surface area (Å²) in [6, 6.07) is 6.77. The number of carbonyl (C=O) groups is 3. The molecule has 2 fully saturated rings. The van der Waals surface area contributed by atoms with Crippen LogP contribution in [0.5, 0.6) is 5.75 Å². The van der Waals surface area contributed by atoms with E-state index in [1.54, 1.807) is 12.1 Å². The molecule has 0 saturated carbocycles. The van der Waals surface area contributed by atoms with Crippen LogP contribution in [0.2, 0.25) is 0 Å². The summed E-state index contributed by atoms with van der Waals surface area (Å²) < 4.78 is 48.2. The molecule has 0 bridgehead atoms. The van der Waals surface area contributed by atoms with Gasteiger partial charge in [0.15, 0.2) is 0 Å². The number of amides is 3. The number of halogens is 3. The Balaban J connectivity index is 1.42. The van der Waals surface area contributed by atoms with Gasteiger partial charge in [-0.05, 0) is 49.4 Å². The number of methoxy groups -OCH3 is 1. The average Bonchev–Trinajstić information content (AvgIpc) is 3.30. The molecule has 0 aliphatic carbocycles. The lowest BCUT2D eigenvalue weighted by molar-refractivity contribution is -0.150. The Bertz CT molecular complexity index is 1410. The molecule has 226 valence electrons. The van der Waals surface area contributed by atoms with Crippen LogP contribution >= 0.6 is 0 Å². The van der Waals surface area contributed by atoms with Gasteiger partial charge in [0.2, 0.25) is 11.8 Å². The van der Waals surface area contributed by atoms with Crippen molar-refractivity contribution in [3.8, 4) is 5.75 Å². The molecule has 2 atom stereocenters. The molecule has 2 unspecified atom stereocenters. The van der Waals surface area contributed by atoms with Crippen molar-refractivity contribution >= 4 is 17.7 Å². The standard InChI is InChI=1S/C31H36F3N3O5/c1-4-30(5-2)17-36(15-18-6-7-20(27(33)34)24(14-18)42-3)13-12-31(30,41)22-9-8-19-21(26(22)32)16-37(29(19)40)23-10-11-25(38)35-28(23)39/h6-9,14,23,27,41H,4-5,10-13,15-17H2,1-3H3,(H,35,38,39). The molecule has 2 aromatic carbocycles. The second-order valence-corrected chi connectivity index (χ2v) is 11.5. The van der Waals surface area contributed by atoms with Crippen molar-refractivity contribution in [1.82, 2.24) is 15.1 Å². The van der Waals surface area contributed by atoms with E-state index in [1.165, 1.54) is 30.2 Å². The minimum Gasteiger partial charge on any atom is -0.496 e. The third-order valence-corrected chi connectivity index (χ3v) is 9.58. The summed E-state index contributed by atoms with van der Waals surface area (Å²) in [6.07, 6.45) is -1.07. The largest absolute Gasteiger partial charge is 0.496 e. The molecule has 0 radical (unpaired) electrons. The Morgan fingerprint density at radius 3 is 2.52 bits per heavy atom. The van der Waals surface area contributed by atoms with Gasteiger partial charge in [0.1, 0.15) is 23.2 Å². The number of piperidine rings is 2. The highest BCUT2D eigenvalue weighted by atomic mass is 19.3. The van der Waals surface area contributed by atoms with Crippen LogP contribution in [0.25, 0.3) is 0 Å². The van der Waals surface area contributed by atoms with Crippen molar-refractivity contribution in [2.45, 2.75) is 77.1 Å². The lowest BCUT2D eigenvalue weighted by Crippen LogP contribution is -2.57. The van der Waals surface area contributed by atoms with Gasteiger partial charge in [0, 0.05) is 48.2 Å². The van der Waals surface area contributed by atoms with Crippen LogP contribution in [0, 0.1) is 11.2 Å². The Morgan fingerprint density at radius 1 is 1.14 bits per heavy atom. The minimum atomic E-state index is -2.65. The highest BCUT2D eigenvalue weighted by Gasteiger charge is 2.54. The molecule has 2 N–H and O–H groups in total. The van der Waals surface area contributed by atoms with Gasteiger partial charge in [-0.3, -0.25) is 24.6 Å². The number of ether oxygens (including phenoxy) is 1. The SMILES string of the molecule is CCC1(CC)CN(Cc2ccc(C(F)F)c(OC)c2)CCC1(O)c1ccc2c(c1F)CN(C1CCC(=O)NC1=O)C2=O. The maximum Gasteiger partial charge on any atom is 0.267 e. The molecular weight excluding hydrogens is 551 g/mol. The number of hydrogen-bond donors (Lipinski definition) is 2. The summed E-state index contributed by atoms with van der Waals surface area (Å²) >= 11 is 0. The van der Waals surface area contributed by atoms with Crippen LogP contribution < -0.4 is 10.1 Å². The molecule has 0 spiro atoms. The van der Waals surface area contributed by atoms with Gasteiger partial charge in [0.25, 0.3) is 12.3 Å². The molecule has 42 heavy (non-hydrogen) atoms. The predicted octanol–water partition coefficient (Wildman–Crippen LogP) is 4.43. The Kier molecular flexibility index (Phi) is 8.10. The second kappa shape index (κ2) is 11.3. The van der Waals surface area contributed by atoms with Crippen molar-refractivity contribution in [2.75, 3.05) is 20.2 Å². The van der Waals surface area contributed by atoms with Crippen molar-refractivity contribution < 1.29 is 37.4 Å². The van der Waals surface area contributed by atoms with Gasteiger partial charge in [-0.25, -0.2) is 13.2 Å². The van der Waals surface area contributed by atoms with E-state index in [0.29, 0.717) is 32.5 Å². The van der Waals surface area contributed by atoms with Gasteiger partial charge in [-0.15, -0.1) is 0 Å². The van der Waals surface area contributed by atoms with E-state index in [-0.39, 0.29) is 53.8 Å². The first-order valence-corrected chi connectivity index (χ1v) is 14.3. The quantitative estimate of drug-likeness (QED) is 0.444. The molecule has 5 rings (SSSR count). The first-order valence-electron chi connectivity index (χ1n) is 14.3. The summed E-state index contributed by atoms with van der Waals surface area (Å²) in [4.78, 5) is 40.6. The Labute approximate surface area is 242 Å². The van der Waals surface area contributed by atoms with Gasteiger partial charge in [-0.2, -0.15) is 0 Å². The first kappa shape index (κ1) is 30.0. The van der Waals surface area contributed by atoms with E-state index >= 15 is 4.39 Å². The smallest absolute Gasteiger partial charge is 0.267 e. The van der Waals surface area contributed by atoms with Crippen LogP contribution in [-0.2, 0) is 28.3 Å². The monoisotopic (exact) mass is 587 g/mol. The maximum atomic E-state index is 16.3. The third kappa shape index (κ3) is 4.86. The summed E-state index contributed by atoms with van der Waals surface area (Å²) in [5.74, 6) is -1.98. The highest BCUT2D eigenvalue weighted by Crippen LogP contribution is 2.52. The van der Waals surface area contributed by atoms with E-state index in [4.69, 9.17) is 4.74 Å². The number of rotatable bonds is 8. The molecule has 2 saturated heterocycles. The number of aliphatic hydroxyl groups is 1. The van der Waals surface area contributed by atoms with Gasteiger partial charge >= 0.3 is 0 Å². The normalized spacial score (nSPS) is 24.2. The molecule has 0 aromatic heterocycles. The lowest BCUT2D eigenvalue weighted by atomic mass is 9.61. The van der Waals surface area contributed by atoms with Crippen molar-refractivity contribution in [3.05, 3.63) is 64.0 Å². The number of benzene rings is 2. The number of alkyl halides is 2. The number of hydrogen-bond acceptors (Lipinski definition) is 6. The van der Waals surface area contributed by atoms with Crippen molar-refractivity contribution in [1.29, 1.82) is 0 Å². The van der Waals surface area contributed by atoms with Crippen molar-refractivity contribution in [3.63, 3.8) is 0 Å². The predicted molar refractivity (Wildman–Crippen MR) is 147 cm³/mol. The molecule has 8 nitrogen and oxygen atoms in total.